The molecule has 0 heterocycles. The molecule has 0 saturated carbocycles. The Morgan fingerprint density at radius 1 is 1.20 bits per heavy atom. The average Bonchev–Trinajstić information content (AvgIpc) is 2.37. The van der Waals surface area contributed by atoms with E-state index in [-0.39, 0.29) is 17.6 Å². The van der Waals surface area contributed by atoms with Crippen LogP contribution >= 0.6 is 0 Å². The van der Waals surface area contributed by atoms with Gasteiger partial charge in [-0.05, 0) is 26.8 Å². The predicted molar refractivity (Wildman–Crippen MR) is 79.0 cm³/mol. The molecule has 0 radical (unpaired) electrons. The second kappa shape index (κ2) is 6.74. The van der Waals surface area contributed by atoms with Gasteiger partial charge in [0.2, 0.25) is 5.91 Å². The largest absolute Gasteiger partial charge is 0.388 e. The summed E-state index contributed by atoms with van der Waals surface area (Å²) in [5.41, 5.74) is 1.10. The highest BCUT2D eigenvalue weighted by atomic mass is 16.6. The molecule has 1 rings (SSSR count). The lowest BCUT2D eigenvalue weighted by molar-refractivity contribution is -0.384. The summed E-state index contributed by atoms with van der Waals surface area (Å²) >= 11 is 0. The summed E-state index contributed by atoms with van der Waals surface area (Å²) in [6.07, 6.45) is 0. The Morgan fingerprint density at radius 3 is 2.30 bits per heavy atom. The summed E-state index contributed by atoms with van der Waals surface area (Å²) < 4.78 is 0. The summed E-state index contributed by atoms with van der Waals surface area (Å²) in [4.78, 5) is 22.2. The van der Waals surface area contributed by atoms with Gasteiger partial charge in [-0.15, -0.1) is 0 Å². The fourth-order valence-electron chi connectivity index (χ4n) is 1.67. The number of non-ortho nitro benzene ring substituents is 1. The molecule has 1 unspecified atom stereocenters. The number of nitro benzene ring substituents is 1. The molecule has 0 aliphatic heterocycles. The number of carbonyl (C=O) groups is 1. The Bertz CT molecular complexity index is 502. The van der Waals surface area contributed by atoms with Crippen LogP contribution in [0.25, 0.3) is 0 Å². The molecular formula is C13H20N4O3. The Kier molecular flexibility index (Phi) is 5.31. The average molecular weight is 280 g/mol. The van der Waals surface area contributed by atoms with Crippen molar-refractivity contribution >= 4 is 23.0 Å². The Balaban J connectivity index is 2.88. The van der Waals surface area contributed by atoms with Gasteiger partial charge in [-0.25, -0.2) is 0 Å². The number of anilines is 2. The summed E-state index contributed by atoms with van der Waals surface area (Å²) in [5.74, 6) is -0.155. The van der Waals surface area contributed by atoms with Crippen LogP contribution in [0.4, 0.5) is 17.1 Å². The maximum absolute atomic E-state index is 11.8. The maximum Gasteiger partial charge on any atom is 0.273 e. The molecule has 0 fully saturated rings. The molecule has 0 spiro atoms. The molecule has 1 aromatic rings. The molecule has 0 bridgehead atoms. The number of rotatable bonds is 6. The van der Waals surface area contributed by atoms with Gasteiger partial charge in [0.05, 0.1) is 4.92 Å². The van der Waals surface area contributed by atoms with E-state index in [2.05, 4.69) is 16.0 Å². The third-order valence-electron chi connectivity index (χ3n) is 2.62. The quantitative estimate of drug-likeness (QED) is 0.547. The lowest BCUT2D eigenvalue weighted by atomic mass is 10.2. The van der Waals surface area contributed by atoms with Gasteiger partial charge in [-0.3, -0.25) is 14.9 Å². The van der Waals surface area contributed by atoms with Crippen LogP contribution in [0.2, 0.25) is 0 Å². The highest BCUT2D eigenvalue weighted by Gasteiger charge is 2.15. The molecule has 0 aliphatic rings. The fourth-order valence-corrected chi connectivity index (χ4v) is 1.67. The lowest BCUT2D eigenvalue weighted by Gasteiger charge is -2.17. The Hall–Kier alpha value is -2.31. The van der Waals surface area contributed by atoms with Crippen molar-refractivity contribution < 1.29 is 9.72 Å². The monoisotopic (exact) mass is 280 g/mol. The number of nitrogens with zero attached hydrogens (tertiary/aromatic N) is 1. The van der Waals surface area contributed by atoms with Crippen LogP contribution in [0.1, 0.15) is 20.8 Å². The van der Waals surface area contributed by atoms with E-state index in [0.29, 0.717) is 11.4 Å². The van der Waals surface area contributed by atoms with Crippen LogP contribution in [-0.4, -0.2) is 30.0 Å². The van der Waals surface area contributed by atoms with Crippen LogP contribution in [0, 0.1) is 10.1 Å². The number of nitrogens with one attached hydrogen (secondary N) is 3. The van der Waals surface area contributed by atoms with Crippen molar-refractivity contribution in [3.63, 3.8) is 0 Å². The van der Waals surface area contributed by atoms with Crippen LogP contribution in [0.15, 0.2) is 18.2 Å². The van der Waals surface area contributed by atoms with Crippen molar-refractivity contribution in [3.8, 4) is 0 Å². The highest BCUT2D eigenvalue weighted by molar-refractivity contribution is 5.84. The number of hydrogen-bond acceptors (Lipinski definition) is 5. The normalized spacial score (nSPS) is 11.8. The van der Waals surface area contributed by atoms with E-state index in [1.54, 1.807) is 20.0 Å². The zero-order chi connectivity index (χ0) is 15.3. The van der Waals surface area contributed by atoms with Gasteiger partial charge in [-0.2, -0.15) is 0 Å². The van der Waals surface area contributed by atoms with E-state index in [4.69, 9.17) is 0 Å². The molecule has 0 aliphatic carbocycles. The zero-order valence-corrected chi connectivity index (χ0v) is 12.1. The summed E-state index contributed by atoms with van der Waals surface area (Å²) in [5, 5.41) is 19.4. The maximum atomic E-state index is 11.8. The van der Waals surface area contributed by atoms with E-state index in [1.807, 2.05) is 13.8 Å². The third kappa shape index (κ3) is 4.42. The Labute approximate surface area is 117 Å². The van der Waals surface area contributed by atoms with Gasteiger partial charge < -0.3 is 16.0 Å². The molecule has 7 nitrogen and oxygen atoms in total. The first-order valence-corrected chi connectivity index (χ1v) is 6.37. The number of benzene rings is 1. The molecule has 1 atom stereocenters. The SMILES string of the molecule is CNc1cc(NC(C)C(=O)NC(C)C)cc([N+](=O)[O-])c1. The first-order valence-electron chi connectivity index (χ1n) is 6.37. The first-order chi connectivity index (χ1) is 9.33. The molecule has 1 aromatic carbocycles. The van der Waals surface area contributed by atoms with E-state index >= 15 is 0 Å². The van der Waals surface area contributed by atoms with Crippen molar-refractivity contribution in [2.75, 3.05) is 17.7 Å². The number of hydrogen-bond donors (Lipinski definition) is 3. The number of carbonyl (C=O) groups excluding carboxylic acids is 1. The predicted octanol–water partition coefficient (Wildman–Crippen LogP) is 1.96. The van der Waals surface area contributed by atoms with Crippen molar-refractivity contribution in [2.45, 2.75) is 32.9 Å². The summed E-state index contributed by atoms with van der Waals surface area (Å²) in [7, 11) is 1.68. The standard InChI is InChI=1S/C13H20N4O3/c1-8(2)15-13(18)9(3)16-11-5-10(14-4)6-12(7-11)17(19)20/h5-9,14,16H,1-4H3,(H,15,18). The van der Waals surface area contributed by atoms with Crippen LogP contribution < -0.4 is 16.0 Å². The molecule has 0 aromatic heterocycles. The van der Waals surface area contributed by atoms with E-state index in [0.717, 1.165) is 0 Å². The minimum Gasteiger partial charge on any atom is -0.388 e. The minimum atomic E-state index is -0.482. The molecule has 1 amide bonds. The van der Waals surface area contributed by atoms with Gasteiger partial charge in [0.25, 0.3) is 5.69 Å². The Morgan fingerprint density at radius 2 is 1.80 bits per heavy atom. The lowest BCUT2D eigenvalue weighted by Crippen LogP contribution is -2.40. The van der Waals surface area contributed by atoms with Gasteiger partial charge in [0.1, 0.15) is 6.04 Å². The molecule has 7 heteroatoms. The van der Waals surface area contributed by atoms with E-state index in [9.17, 15) is 14.9 Å². The minimum absolute atomic E-state index is 0.0317. The van der Waals surface area contributed by atoms with Crippen LogP contribution in [-0.2, 0) is 4.79 Å². The van der Waals surface area contributed by atoms with Crippen molar-refractivity contribution in [1.82, 2.24) is 5.32 Å². The fraction of sp³-hybridized carbons (Fsp3) is 0.462. The second-order valence-corrected chi connectivity index (χ2v) is 4.80. The van der Waals surface area contributed by atoms with Gasteiger partial charge in [0, 0.05) is 36.6 Å². The number of amides is 1. The second-order valence-electron chi connectivity index (χ2n) is 4.80. The molecule has 20 heavy (non-hydrogen) atoms. The molecular weight excluding hydrogens is 260 g/mol. The number of nitro groups is 1. The topological polar surface area (TPSA) is 96.3 Å². The zero-order valence-electron chi connectivity index (χ0n) is 12.1. The first kappa shape index (κ1) is 15.7. The van der Waals surface area contributed by atoms with Crippen molar-refractivity contribution in [3.05, 3.63) is 28.3 Å². The van der Waals surface area contributed by atoms with E-state index in [1.165, 1.54) is 12.1 Å². The molecule has 0 saturated heterocycles. The van der Waals surface area contributed by atoms with Crippen molar-refractivity contribution in [1.29, 1.82) is 0 Å². The van der Waals surface area contributed by atoms with Crippen LogP contribution in [0.3, 0.4) is 0 Å². The molecule has 3 N–H and O–H groups in total. The van der Waals surface area contributed by atoms with Crippen LogP contribution in [0.5, 0.6) is 0 Å². The van der Waals surface area contributed by atoms with E-state index < -0.39 is 11.0 Å². The summed E-state index contributed by atoms with van der Waals surface area (Å²) in [6.45, 7) is 5.45. The van der Waals surface area contributed by atoms with Gasteiger partial charge in [0.15, 0.2) is 0 Å². The van der Waals surface area contributed by atoms with Gasteiger partial charge in [-0.1, -0.05) is 0 Å². The summed E-state index contributed by atoms with van der Waals surface area (Å²) in [6, 6.07) is 4.12. The smallest absolute Gasteiger partial charge is 0.273 e. The van der Waals surface area contributed by atoms with Gasteiger partial charge >= 0.3 is 0 Å². The third-order valence-corrected chi connectivity index (χ3v) is 2.62. The molecule has 110 valence electrons. The highest BCUT2D eigenvalue weighted by Crippen LogP contribution is 2.24. The van der Waals surface area contributed by atoms with Crippen molar-refractivity contribution in [2.24, 2.45) is 0 Å².